The van der Waals surface area contributed by atoms with E-state index in [9.17, 15) is 4.79 Å². The lowest BCUT2D eigenvalue weighted by Crippen LogP contribution is -2.09. The Balaban J connectivity index is 2.09. The molecule has 0 heterocycles. The first-order valence-electron chi connectivity index (χ1n) is 9.09. The average molecular weight is 294 g/mol. The van der Waals surface area contributed by atoms with Gasteiger partial charge in [0.1, 0.15) is 0 Å². The highest BCUT2D eigenvalue weighted by Crippen LogP contribution is 2.29. The minimum absolute atomic E-state index is 0.0222. The van der Waals surface area contributed by atoms with Crippen molar-refractivity contribution in [2.45, 2.75) is 90.9 Å². The van der Waals surface area contributed by atoms with Crippen molar-refractivity contribution in [3.63, 3.8) is 0 Å². The number of carbonyl (C=O) groups excluding carboxylic acids is 1. The van der Waals surface area contributed by atoms with Crippen molar-refractivity contribution in [1.82, 2.24) is 0 Å². The monoisotopic (exact) mass is 294 g/mol. The van der Waals surface area contributed by atoms with Crippen LogP contribution in [0.2, 0.25) is 0 Å². The summed E-state index contributed by atoms with van der Waals surface area (Å²) in [7, 11) is 0. The van der Waals surface area contributed by atoms with Crippen LogP contribution in [0.3, 0.4) is 0 Å². The van der Waals surface area contributed by atoms with E-state index in [1.807, 2.05) is 0 Å². The molecule has 0 aromatic heterocycles. The minimum Gasteiger partial charge on any atom is -0.466 e. The van der Waals surface area contributed by atoms with Crippen LogP contribution < -0.4 is 0 Å². The largest absolute Gasteiger partial charge is 0.466 e. The van der Waals surface area contributed by atoms with Crippen molar-refractivity contribution >= 4 is 5.97 Å². The van der Waals surface area contributed by atoms with Gasteiger partial charge in [-0.3, -0.25) is 4.79 Å². The molecule has 0 spiro atoms. The van der Waals surface area contributed by atoms with E-state index >= 15 is 0 Å². The lowest BCUT2D eigenvalue weighted by atomic mass is 9.85. The van der Waals surface area contributed by atoms with Crippen LogP contribution in [0.25, 0.3) is 0 Å². The number of allylic oxidation sites excluding steroid dienone is 2. The molecule has 2 nitrogen and oxygen atoms in total. The lowest BCUT2D eigenvalue weighted by molar-refractivity contribution is -0.143. The van der Waals surface area contributed by atoms with Crippen LogP contribution in [0.15, 0.2) is 11.6 Å². The van der Waals surface area contributed by atoms with Gasteiger partial charge in [0, 0.05) is 6.42 Å². The van der Waals surface area contributed by atoms with Gasteiger partial charge in [-0.1, -0.05) is 64.0 Å². The molecule has 0 fully saturated rings. The second-order valence-electron chi connectivity index (χ2n) is 6.43. The summed E-state index contributed by atoms with van der Waals surface area (Å²) >= 11 is 0. The third kappa shape index (κ3) is 8.95. The van der Waals surface area contributed by atoms with Crippen molar-refractivity contribution in [3.05, 3.63) is 11.6 Å². The van der Waals surface area contributed by atoms with E-state index in [4.69, 9.17) is 4.74 Å². The Kier molecular flexibility index (Phi) is 10.3. The Hall–Kier alpha value is -0.790. The summed E-state index contributed by atoms with van der Waals surface area (Å²) in [5.41, 5.74) is 1.48. The Labute approximate surface area is 131 Å². The van der Waals surface area contributed by atoms with E-state index in [0.29, 0.717) is 13.0 Å². The number of ether oxygens (including phenoxy) is 1. The molecule has 0 radical (unpaired) electrons. The fourth-order valence-corrected chi connectivity index (χ4v) is 2.96. The third-order valence-corrected chi connectivity index (χ3v) is 4.49. The highest BCUT2D eigenvalue weighted by molar-refractivity contribution is 5.69. The molecule has 0 aliphatic heterocycles. The lowest BCUT2D eigenvalue weighted by Gasteiger charge is -2.21. The average Bonchev–Trinajstić information content (AvgIpc) is 2.51. The van der Waals surface area contributed by atoms with Crippen molar-refractivity contribution in [1.29, 1.82) is 0 Å². The molecule has 1 atom stereocenters. The van der Waals surface area contributed by atoms with E-state index in [0.717, 1.165) is 25.2 Å². The smallest absolute Gasteiger partial charge is 0.306 e. The first-order valence-corrected chi connectivity index (χ1v) is 9.09. The summed E-state index contributed by atoms with van der Waals surface area (Å²) in [6, 6.07) is 0. The molecule has 0 N–H and O–H groups in total. The van der Waals surface area contributed by atoms with Gasteiger partial charge in [-0.25, -0.2) is 0 Å². The fourth-order valence-electron chi connectivity index (χ4n) is 2.96. The highest BCUT2D eigenvalue weighted by atomic mass is 16.5. The number of unbranched alkanes of at least 4 members (excludes halogenated alkanes) is 4. The van der Waals surface area contributed by atoms with Crippen molar-refractivity contribution in [2.24, 2.45) is 5.92 Å². The van der Waals surface area contributed by atoms with Crippen LogP contribution in [0.1, 0.15) is 90.9 Å². The molecule has 0 bridgehead atoms. The first-order chi connectivity index (χ1) is 10.3. The molecule has 0 saturated carbocycles. The van der Waals surface area contributed by atoms with Gasteiger partial charge in [0.25, 0.3) is 0 Å². The van der Waals surface area contributed by atoms with E-state index in [1.54, 1.807) is 0 Å². The summed E-state index contributed by atoms with van der Waals surface area (Å²) in [4.78, 5) is 11.6. The first kappa shape index (κ1) is 18.3. The van der Waals surface area contributed by atoms with E-state index in [2.05, 4.69) is 19.9 Å². The highest BCUT2D eigenvalue weighted by Gasteiger charge is 2.15. The molecular weight excluding hydrogens is 260 g/mol. The van der Waals surface area contributed by atoms with Crippen LogP contribution in [0, 0.1) is 5.92 Å². The summed E-state index contributed by atoms with van der Waals surface area (Å²) in [5, 5.41) is 0. The van der Waals surface area contributed by atoms with Gasteiger partial charge in [0.05, 0.1) is 6.61 Å². The van der Waals surface area contributed by atoms with Gasteiger partial charge in [-0.2, -0.15) is 0 Å². The predicted molar refractivity (Wildman–Crippen MR) is 89.3 cm³/mol. The molecule has 1 aliphatic carbocycles. The normalized spacial score (nSPS) is 18.4. The molecule has 21 heavy (non-hydrogen) atoms. The van der Waals surface area contributed by atoms with Crippen molar-refractivity contribution in [2.75, 3.05) is 6.61 Å². The zero-order valence-corrected chi connectivity index (χ0v) is 14.2. The Morgan fingerprint density at radius 1 is 1.19 bits per heavy atom. The van der Waals surface area contributed by atoms with E-state index in [1.165, 1.54) is 56.9 Å². The summed E-state index contributed by atoms with van der Waals surface area (Å²) in [6.07, 6.45) is 16.6. The summed E-state index contributed by atoms with van der Waals surface area (Å²) < 4.78 is 5.20. The SMILES string of the molecule is CCCCCC[C@@H]1CC=C(CCC(=O)OCCCC)CC1. The van der Waals surface area contributed by atoms with Crippen LogP contribution in [-0.4, -0.2) is 12.6 Å². The maximum atomic E-state index is 11.6. The standard InChI is InChI=1S/C19H34O2/c1-3-5-7-8-9-17-10-12-18(13-11-17)14-15-19(20)21-16-6-4-2/h12,17H,3-11,13-16H2,1-2H3/t17-/m1/s1. The zero-order chi connectivity index (χ0) is 15.3. The number of esters is 1. The molecular formula is C19H34O2. The third-order valence-electron chi connectivity index (χ3n) is 4.49. The fraction of sp³-hybridized carbons (Fsp3) is 0.842. The predicted octanol–water partition coefficient (Wildman–Crippen LogP) is 5.81. The van der Waals surface area contributed by atoms with Crippen LogP contribution in [0.4, 0.5) is 0 Å². The second kappa shape index (κ2) is 11.8. The number of rotatable bonds is 11. The van der Waals surface area contributed by atoms with Crippen LogP contribution >= 0.6 is 0 Å². The molecule has 1 rings (SSSR count). The number of carbonyl (C=O) groups is 1. The molecule has 0 amide bonds. The van der Waals surface area contributed by atoms with Crippen LogP contribution in [-0.2, 0) is 9.53 Å². The molecule has 1 aliphatic rings. The van der Waals surface area contributed by atoms with E-state index < -0.39 is 0 Å². The second-order valence-corrected chi connectivity index (χ2v) is 6.43. The zero-order valence-electron chi connectivity index (χ0n) is 14.2. The topological polar surface area (TPSA) is 26.3 Å². The number of hydrogen-bond acceptors (Lipinski definition) is 2. The summed E-state index contributed by atoms with van der Waals surface area (Å²) in [5.74, 6) is 0.869. The van der Waals surface area contributed by atoms with Gasteiger partial charge in [-0.05, 0) is 38.0 Å². The van der Waals surface area contributed by atoms with Crippen LogP contribution in [0.5, 0.6) is 0 Å². The number of hydrogen-bond donors (Lipinski definition) is 0. The van der Waals surface area contributed by atoms with Gasteiger partial charge in [0.2, 0.25) is 0 Å². The van der Waals surface area contributed by atoms with Gasteiger partial charge < -0.3 is 4.74 Å². The van der Waals surface area contributed by atoms with Crippen molar-refractivity contribution < 1.29 is 9.53 Å². The minimum atomic E-state index is -0.0222. The Morgan fingerprint density at radius 2 is 2.00 bits per heavy atom. The quantitative estimate of drug-likeness (QED) is 0.273. The van der Waals surface area contributed by atoms with Gasteiger partial charge in [-0.15, -0.1) is 0 Å². The molecule has 0 aromatic carbocycles. The molecule has 0 saturated heterocycles. The summed E-state index contributed by atoms with van der Waals surface area (Å²) in [6.45, 7) is 4.97. The molecule has 2 heteroatoms. The maximum Gasteiger partial charge on any atom is 0.306 e. The van der Waals surface area contributed by atoms with Crippen molar-refractivity contribution in [3.8, 4) is 0 Å². The maximum absolute atomic E-state index is 11.6. The van der Waals surface area contributed by atoms with E-state index in [-0.39, 0.29) is 5.97 Å². The molecule has 0 unspecified atom stereocenters. The van der Waals surface area contributed by atoms with Gasteiger partial charge in [0.15, 0.2) is 0 Å². The molecule has 122 valence electrons. The van der Waals surface area contributed by atoms with Gasteiger partial charge >= 0.3 is 5.97 Å². The Morgan fingerprint density at radius 3 is 2.67 bits per heavy atom. The molecule has 0 aromatic rings. The Bertz CT molecular complexity index is 307.